The van der Waals surface area contributed by atoms with Crippen molar-refractivity contribution in [2.24, 2.45) is 0 Å². The monoisotopic (exact) mass is 180 g/mol. The van der Waals surface area contributed by atoms with Crippen LogP contribution in [0, 0.1) is 40.9 Å². The van der Waals surface area contributed by atoms with Crippen LogP contribution >= 0.6 is 0 Å². The summed E-state index contributed by atoms with van der Waals surface area (Å²) in [5, 5.41) is 26.4. The van der Waals surface area contributed by atoms with Gasteiger partial charge in [-0.3, -0.25) is 0 Å². The highest BCUT2D eigenvalue weighted by atomic mass is 14.3. The number of hydrogen-bond acceptors (Lipinski definition) is 3. The van der Waals surface area contributed by atoms with E-state index in [-0.39, 0.29) is 16.7 Å². The lowest BCUT2D eigenvalue weighted by Crippen LogP contribution is -1.95. The smallest absolute Gasteiger partial charge is 0.102 e. The number of benzene rings is 1. The molecule has 0 aromatic heterocycles. The molecule has 3 heteroatoms. The Morgan fingerprint density at radius 2 is 1.64 bits per heavy atom. The Morgan fingerprint density at radius 1 is 1.00 bits per heavy atom. The fourth-order valence-electron chi connectivity index (χ4n) is 1.19. The van der Waals surface area contributed by atoms with E-state index in [2.05, 4.69) is 6.92 Å². The van der Waals surface area contributed by atoms with E-state index in [1.807, 2.05) is 18.2 Å². The van der Waals surface area contributed by atoms with Crippen LogP contribution in [0.15, 0.2) is 12.1 Å². The van der Waals surface area contributed by atoms with Crippen LogP contribution in [0.3, 0.4) is 0 Å². The zero-order valence-corrected chi connectivity index (χ0v) is 7.41. The summed E-state index contributed by atoms with van der Waals surface area (Å²) in [5.41, 5.74) is 1.35. The van der Waals surface area contributed by atoms with E-state index in [0.29, 0.717) is 12.0 Å². The number of hydrogen-bond donors (Lipinski definition) is 0. The second-order valence-electron chi connectivity index (χ2n) is 2.61. The van der Waals surface area contributed by atoms with E-state index in [9.17, 15) is 0 Å². The van der Waals surface area contributed by atoms with Crippen LogP contribution in [0.25, 0.3) is 0 Å². The molecule has 0 amide bonds. The van der Waals surface area contributed by atoms with Gasteiger partial charge in [0.15, 0.2) is 0 Å². The summed E-state index contributed by atoms with van der Waals surface area (Å²) in [6.45, 7) is 3.65. The Morgan fingerprint density at radius 3 is 2.07 bits per heavy atom. The van der Waals surface area contributed by atoms with Crippen LogP contribution in [0.1, 0.15) is 22.3 Å². The quantitative estimate of drug-likeness (QED) is 0.660. The van der Waals surface area contributed by atoms with Crippen molar-refractivity contribution in [3.8, 4) is 18.2 Å². The Balaban J connectivity index is 3.59. The van der Waals surface area contributed by atoms with Gasteiger partial charge in [0.05, 0.1) is 16.7 Å². The molecular formula is C11H6N3. The van der Waals surface area contributed by atoms with E-state index in [1.165, 1.54) is 0 Å². The Kier molecular flexibility index (Phi) is 2.85. The Hall–Kier alpha value is -2.31. The van der Waals surface area contributed by atoms with Crippen molar-refractivity contribution in [2.45, 2.75) is 6.42 Å². The molecule has 0 spiro atoms. The molecule has 1 aromatic carbocycles. The van der Waals surface area contributed by atoms with Crippen LogP contribution in [0.4, 0.5) is 0 Å². The van der Waals surface area contributed by atoms with E-state index in [1.54, 1.807) is 12.1 Å². The lowest BCUT2D eigenvalue weighted by molar-refractivity contribution is 1.23. The summed E-state index contributed by atoms with van der Waals surface area (Å²) in [7, 11) is 0. The Labute approximate surface area is 82.4 Å². The van der Waals surface area contributed by atoms with E-state index < -0.39 is 0 Å². The van der Waals surface area contributed by atoms with Crippen molar-refractivity contribution in [1.29, 1.82) is 15.8 Å². The standard InChI is InChI=1S/C11H6N3/c1-2-8-3-4-9(5-12)11(7-14)10(8)6-13/h3-4H,1-2H2. The fraction of sp³-hybridized carbons (Fsp3) is 0.0909. The van der Waals surface area contributed by atoms with Crippen molar-refractivity contribution in [3.63, 3.8) is 0 Å². The summed E-state index contributed by atoms with van der Waals surface area (Å²) < 4.78 is 0. The first-order chi connectivity index (χ1) is 6.78. The molecule has 0 aliphatic rings. The van der Waals surface area contributed by atoms with Gasteiger partial charge in [0.1, 0.15) is 18.2 Å². The molecule has 65 valence electrons. The molecule has 1 aromatic rings. The molecule has 0 saturated carbocycles. The molecule has 0 heterocycles. The lowest BCUT2D eigenvalue weighted by atomic mass is 9.97. The van der Waals surface area contributed by atoms with Gasteiger partial charge in [0, 0.05) is 0 Å². The lowest BCUT2D eigenvalue weighted by Gasteiger charge is -2.02. The van der Waals surface area contributed by atoms with Crippen LogP contribution in [0.2, 0.25) is 0 Å². The third kappa shape index (κ3) is 1.42. The van der Waals surface area contributed by atoms with Gasteiger partial charge in [-0.25, -0.2) is 0 Å². The molecule has 0 fully saturated rings. The van der Waals surface area contributed by atoms with Crippen molar-refractivity contribution >= 4 is 0 Å². The average Bonchev–Trinajstić information content (AvgIpc) is 2.26. The molecular weight excluding hydrogens is 174 g/mol. The van der Waals surface area contributed by atoms with Crippen LogP contribution in [0.5, 0.6) is 0 Å². The summed E-state index contributed by atoms with van der Waals surface area (Å²) in [4.78, 5) is 0. The van der Waals surface area contributed by atoms with Crippen LogP contribution < -0.4 is 0 Å². The van der Waals surface area contributed by atoms with E-state index >= 15 is 0 Å². The minimum Gasteiger partial charge on any atom is -0.192 e. The molecule has 3 nitrogen and oxygen atoms in total. The van der Waals surface area contributed by atoms with Gasteiger partial charge in [-0.05, 0) is 25.0 Å². The SMILES string of the molecule is [CH2]Cc1ccc(C#N)c(C#N)c1C#N. The number of nitrogens with zero attached hydrogens (tertiary/aromatic N) is 3. The molecule has 1 rings (SSSR count). The summed E-state index contributed by atoms with van der Waals surface area (Å²) >= 11 is 0. The maximum absolute atomic E-state index is 8.84. The highest BCUT2D eigenvalue weighted by Gasteiger charge is 2.11. The molecule has 0 bridgehead atoms. The van der Waals surface area contributed by atoms with E-state index in [4.69, 9.17) is 15.8 Å². The minimum absolute atomic E-state index is 0.149. The van der Waals surface area contributed by atoms with Crippen LogP contribution in [-0.2, 0) is 6.42 Å². The van der Waals surface area contributed by atoms with Crippen molar-refractivity contribution < 1.29 is 0 Å². The minimum atomic E-state index is 0.149. The third-order valence-corrected chi connectivity index (χ3v) is 1.91. The summed E-state index contributed by atoms with van der Waals surface area (Å²) in [6, 6.07) is 8.87. The van der Waals surface area contributed by atoms with Crippen LogP contribution in [-0.4, -0.2) is 0 Å². The highest BCUT2D eigenvalue weighted by molar-refractivity contribution is 5.58. The molecule has 1 radical (unpaired) electrons. The summed E-state index contributed by atoms with van der Waals surface area (Å²) in [5.74, 6) is 0. The first-order valence-corrected chi connectivity index (χ1v) is 3.94. The normalized spacial score (nSPS) is 8.43. The third-order valence-electron chi connectivity index (χ3n) is 1.91. The Bertz CT molecular complexity index is 481. The fourth-order valence-corrected chi connectivity index (χ4v) is 1.19. The number of nitriles is 3. The first-order valence-electron chi connectivity index (χ1n) is 3.94. The molecule has 0 aliphatic carbocycles. The largest absolute Gasteiger partial charge is 0.192 e. The molecule has 0 aliphatic heterocycles. The topological polar surface area (TPSA) is 71.4 Å². The van der Waals surface area contributed by atoms with Gasteiger partial charge in [0.2, 0.25) is 0 Å². The van der Waals surface area contributed by atoms with Crippen molar-refractivity contribution in [3.05, 3.63) is 41.3 Å². The van der Waals surface area contributed by atoms with Crippen molar-refractivity contribution in [2.75, 3.05) is 0 Å². The van der Waals surface area contributed by atoms with Gasteiger partial charge in [-0.1, -0.05) is 6.07 Å². The molecule has 14 heavy (non-hydrogen) atoms. The van der Waals surface area contributed by atoms with Gasteiger partial charge in [-0.15, -0.1) is 0 Å². The number of rotatable bonds is 1. The second-order valence-corrected chi connectivity index (χ2v) is 2.61. The van der Waals surface area contributed by atoms with Gasteiger partial charge < -0.3 is 0 Å². The predicted molar refractivity (Wildman–Crippen MR) is 49.6 cm³/mol. The maximum atomic E-state index is 8.84. The van der Waals surface area contributed by atoms with Gasteiger partial charge in [0.25, 0.3) is 0 Å². The zero-order chi connectivity index (χ0) is 10.6. The molecule has 0 unspecified atom stereocenters. The van der Waals surface area contributed by atoms with Gasteiger partial charge in [-0.2, -0.15) is 15.8 Å². The molecule has 0 atom stereocenters. The predicted octanol–water partition coefficient (Wildman–Crippen LogP) is 1.68. The maximum Gasteiger partial charge on any atom is 0.102 e. The first kappa shape index (κ1) is 9.78. The molecule has 0 N–H and O–H groups in total. The molecule has 0 saturated heterocycles. The zero-order valence-electron chi connectivity index (χ0n) is 7.41. The summed E-state index contributed by atoms with van der Waals surface area (Å²) in [6.07, 6.45) is 0.434. The highest BCUT2D eigenvalue weighted by Crippen LogP contribution is 2.17. The van der Waals surface area contributed by atoms with Gasteiger partial charge >= 0.3 is 0 Å². The van der Waals surface area contributed by atoms with Crippen molar-refractivity contribution in [1.82, 2.24) is 0 Å². The second kappa shape index (κ2) is 4.08. The average molecular weight is 180 g/mol. The van der Waals surface area contributed by atoms with E-state index in [0.717, 1.165) is 0 Å².